The molecule has 0 spiro atoms. The Morgan fingerprint density at radius 2 is 1.74 bits per heavy atom. The fourth-order valence-corrected chi connectivity index (χ4v) is 2.49. The zero-order chi connectivity index (χ0) is 19.1. The molecule has 2 aromatic carbocycles. The van der Waals surface area contributed by atoms with Gasteiger partial charge in [0.15, 0.2) is 0 Å². The largest absolute Gasteiger partial charge is 0.497 e. The molecule has 0 aliphatic carbocycles. The van der Waals surface area contributed by atoms with Gasteiger partial charge in [-0.05, 0) is 29.8 Å². The lowest BCUT2D eigenvalue weighted by Crippen LogP contribution is -2.31. The Labute approximate surface area is 156 Å². The van der Waals surface area contributed by atoms with E-state index in [1.807, 2.05) is 30.3 Å². The number of carbonyl (C=O) groups excluding carboxylic acids is 2. The second kappa shape index (κ2) is 8.71. The van der Waals surface area contributed by atoms with Crippen LogP contribution in [0.2, 0.25) is 0 Å². The SMILES string of the molecule is COc1ccc([C@@H](OC(=O)c2ccco2)C(=O)NCc2ccccc2)cc1. The van der Waals surface area contributed by atoms with E-state index < -0.39 is 18.0 Å². The fraction of sp³-hybridized carbons (Fsp3) is 0.143. The van der Waals surface area contributed by atoms with Crippen molar-refractivity contribution in [1.29, 1.82) is 0 Å². The Bertz CT molecular complexity index is 873. The van der Waals surface area contributed by atoms with Gasteiger partial charge in [0.05, 0.1) is 13.4 Å². The van der Waals surface area contributed by atoms with Crippen molar-refractivity contribution >= 4 is 11.9 Å². The van der Waals surface area contributed by atoms with Crippen molar-refractivity contribution in [2.45, 2.75) is 12.6 Å². The third-order valence-electron chi connectivity index (χ3n) is 3.91. The minimum absolute atomic E-state index is 0.0318. The van der Waals surface area contributed by atoms with Crippen molar-refractivity contribution in [2.75, 3.05) is 7.11 Å². The molecule has 1 heterocycles. The zero-order valence-electron chi connectivity index (χ0n) is 14.8. The maximum absolute atomic E-state index is 12.7. The first kappa shape index (κ1) is 18.3. The number of furan rings is 1. The summed E-state index contributed by atoms with van der Waals surface area (Å²) in [6.07, 6.45) is 0.256. The first-order chi connectivity index (χ1) is 13.2. The summed E-state index contributed by atoms with van der Waals surface area (Å²) >= 11 is 0. The van der Waals surface area contributed by atoms with Crippen LogP contribution in [0.15, 0.2) is 77.4 Å². The lowest BCUT2D eigenvalue weighted by Gasteiger charge is -2.18. The molecule has 0 fully saturated rings. The third kappa shape index (κ3) is 4.76. The second-order valence-electron chi connectivity index (χ2n) is 5.74. The highest BCUT2D eigenvalue weighted by atomic mass is 16.6. The van der Waals surface area contributed by atoms with E-state index in [4.69, 9.17) is 13.9 Å². The van der Waals surface area contributed by atoms with Crippen LogP contribution in [0.5, 0.6) is 5.75 Å². The maximum atomic E-state index is 12.7. The summed E-state index contributed by atoms with van der Waals surface area (Å²) in [6.45, 7) is 0.324. The summed E-state index contributed by atoms with van der Waals surface area (Å²) in [6, 6.07) is 19.3. The molecular weight excluding hydrogens is 346 g/mol. The van der Waals surface area contributed by atoms with Crippen LogP contribution in [0.4, 0.5) is 0 Å². The minimum Gasteiger partial charge on any atom is -0.497 e. The van der Waals surface area contributed by atoms with Crippen molar-refractivity contribution in [3.8, 4) is 5.75 Å². The molecule has 1 aromatic heterocycles. The molecule has 0 bridgehead atoms. The topological polar surface area (TPSA) is 77.8 Å². The molecule has 0 aliphatic heterocycles. The minimum atomic E-state index is -1.11. The van der Waals surface area contributed by atoms with E-state index in [2.05, 4.69) is 5.32 Å². The number of carbonyl (C=O) groups is 2. The molecule has 27 heavy (non-hydrogen) atoms. The quantitative estimate of drug-likeness (QED) is 0.649. The highest BCUT2D eigenvalue weighted by Crippen LogP contribution is 2.23. The molecule has 6 heteroatoms. The predicted octanol–water partition coefficient (Wildman–Crippen LogP) is 3.50. The average molecular weight is 365 g/mol. The Morgan fingerprint density at radius 3 is 2.37 bits per heavy atom. The number of methoxy groups -OCH3 is 1. The molecule has 1 N–H and O–H groups in total. The lowest BCUT2D eigenvalue weighted by atomic mass is 10.1. The lowest BCUT2D eigenvalue weighted by molar-refractivity contribution is -0.130. The second-order valence-corrected chi connectivity index (χ2v) is 5.74. The van der Waals surface area contributed by atoms with E-state index in [1.165, 1.54) is 12.3 Å². The van der Waals surface area contributed by atoms with Gasteiger partial charge in [0, 0.05) is 12.1 Å². The molecule has 0 aliphatic rings. The van der Waals surface area contributed by atoms with Gasteiger partial charge in [-0.3, -0.25) is 4.79 Å². The molecule has 0 radical (unpaired) electrons. The highest BCUT2D eigenvalue weighted by Gasteiger charge is 2.26. The van der Waals surface area contributed by atoms with Gasteiger partial charge in [-0.25, -0.2) is 4.79 Å². The van der Waals surface area contributed by atoms with Gasteiger partial charge in [0.1, 0.15) is 5.75 Å². The number of benzene rings is 2. The number of hydrogen-bond acceptors (Lipinski definition) is 5. The van der Waals surface area contributed by atoms with Gasteiger partial charge in [-0.2, -0.15) is 0 Å². The first-order valence-electron chi connectivity index (χ1n) is 8.37. The van der Waals surface area contributed by atoms with Crippen LogP contribution in [0, 0.1) is 0 Å². The molecule has 138 valence electrons. The van der Waals surface area contributed by atoms with E-state index >= 15 is 0 Å². The Balaban J connectivity index is 1.77. The smallest absolute Gasteiger partial charge is 0.375 e. The van der Waals surface area contributed by atoms with E-state index in [1.54, 1.807) is 37.4 Å². The number of rotatable bonds is 7. The molecule has 3 rings (SSSR count). The summed E-state index contributed by atoms with van der Waals surface area (Å²) in [4.78, 5) is 25.0. The van der Waals surface area contributed by atoms with Crippen LogP contribution in [0.1, 0.15) is 27.8 Å². The molecule has 1 atom stereocenters. The standard InChI is InChI=1S/C21H19NO5/c1-25-17-11-9-16(10-12-17)19(27-21(24)18-8-5-13-26-18)20(23)22-14-15-6-3-2-4-7-15/h2-13,19H,14H2,1H3,(H,22,23)/t19-/m1/s1. The molecule has 1 amide bonds. The van der Waals surface area contributed by atoms with Crippen LogP contribution < -0.4 is 10.1 Å². The molecule has 0 unspecified atom stereocenters. The van der Waals surface area contributed by atoms with E-state index in [0.717, 1.165) is 5.56 Å². The first-order valence-corrected chi connectivity index (χ1v) is 8.37. The van der Waals surface area contributed by atoms with Gasteiger partial charge >= 0.3 is 5.97 Å². The molecule has 6 nitrogen and oxygen atoms in total. The number of hydrogen-bond donors (Lipinski definition) is 1. The van der Waals surface area contributed by atoms with Crippen LogP contribution in [0.3, 0.4) is 0 Å². The van der Waals surface area contributed by atoms with Crippen molar-refractivity contribution in [2.24, 2.45) is 0 Å². The van der Waals surface area contributed by atoms with Gasteiger partial charge in [-0.15, -0.1) is 0 Å². The zero-order valence-corrected chi connectivity index (χ0v) is 14.8. The summed E-state index contributed by atoms with van der Waals surface area (Å²) in [5.74, 6) is -0.469. The van der Waals surface area contributed by atoms with E-state index in [0.29, 0.717) is 17.9 Å². The van der Waals surface area contributed by atoms with Gasteiger partial charge in [-0.1, -0.05) is 42.5 Å². The number of amides is 1. The van der Waals surface area contributed by atoms with Crippen molar-refractivity contribution < 1.29 is 23.5 Å². The van der Waals surface area contributed by atoms with E-state index in [9.17, 15) is 9.59 Å². The third-order valence-corrected chi connectivity index (χ3v) is 3.91. The summed E-state index contributed by atoms with van der Waals surface area (Å²) in [5.41, 5.74) is 1.47. The summed E-state index contributed by atoms with van der Waals surface area (Å²) in [5, 5.41) is 2.80. The predicted molar refractivity (Wildman–Crippen MR) is 98.1 cm³/mol. The average Bonchev–Trinajstić information content (AvgIpc) is 3.26. The Hall–Kier alpha value is -3.54. The van der Waals surface area contributed by atoms with Crippen molar-refractivity contribution in [1.82, 2.24) is 5.32 Å². The normalized spacial score (nSPS) is 11.4. The number of esters is 1. The molecule has 0 saturated heterocycles. The Kier molecular flexibility index (Phi) is 5.89. The van der Waals surface area contributed by atoms with E-state index in [-0.39, 0.29) is 5.76 Å². The van der Waals surface area contributed by atoms with Crippen molar-refractivity contribution in [3.63, 3.8) is 0 Å². The summed E-state index contributed by atoms with van der Waals surface area (Å²) in [7, 11) is 1.55. The molecule has 0 saturated carbocycles. The van der Waals surface area contributed by atoms with Crippen LogP contribution in [-0.4, -0.2) is 19.0 Å². The number of nitrogens with one attached hydrogen (secondary N) is 1. The fourth-order valence-electron chi connectivity index (χ4n) is 2.49. The van der Waals surface area contributed by atoms with Crippen LogP contribution in [-0.2, 0) is 16.1 Å². The molecular formula is C21H19NO5. The van der Waals surface area contributed by atoms with Crippen LogP contribution in [0.25, 0.3) is 0 Å². The van der Waals surface area contributed by atoms with Gasteiger partial charge < -0.3 is 19.2 Å². The summed E-state index contributed by atoms with van der Waals surface area (Å²) < 4.78 is 15.6. The maximum Gasteiger partial charge on any atom is 0.375 e. The highest BCUT2D eigenvalue weighted by molar-refractivity contribution is 5.90. The van der Waals surface area contributed by atoms with Gasteiger partial charge in [0.2, 0.25) is 11.9 Å². The number of ether oxygens (including phenoxy) is 2. The Morgan fingerprint density at radius 1 is 1.00 bits per heavy atom. The van der Waals surface area contributed by atoms with Gasteiger partial charge in [0.25, 0.3) is 5.91 Å². The van der Waals surface area contributed by atoms with Crippen molar-refractivity contribution in [3.05, 3.63) is 89.9 Å². The van der Waals surface area contributed by atoms with Crippen LogP contribution >= 0.6 is 0 Å². The molecule has 3 aromatic rings. The monoisotopic (exact) mass is 365 g/mol.